The van der Waals surface area contributed by atoms with Crippen molar-refractivity contribution >= 4 is 78.8 Å². The Kier molecular flexibility index (Phi) is 7.34. The van der Waals surface area contributed by atoms with E-state index in [1.165, 1.54) is 60.4 Å². The van der Waals surface area contributed by atoms with E-state index in [1.54, 1.807) is 12.7 Å². The van der Waals surface area contributed by atoms with Crippen molar-refractivity contribution in [1.29, 1.82) is 0 Å². The van der Waals surface area contributed by atoms with Crippen LogP contribution >= 0.6 is 0 Å². The fourth-order valence-corrected chi connectivity index (χ4v) is 8.79. The summed E-state index contributed by atoms with van der Waals surface area (Å²) in [5.74, 6) is 0.643. The number of nitrogens with zero attached hydrogens (tertiary/aromatic N) is 5. The van der Waals surface area contributed by atoms with Crippen molar-refractivity contribution in [2.75, 3.05) is 9.80 Å². The van der Waals surface area contributed by atoms with Gasteiger partial charge in [0, 0.05) is 50.5 Å². The van der Waals surface area contributed by atoms with Crippen molar-refractivity contribution in [3.05, 3.63) is 157 Å². The molecule has 0 unspecified atom stereocenters. The standard InChI is InChI=1S/C49H42BN5/c1-48(2,3)34-17-21-36(22-18-34)54-42-27-33(47-52-29-51-30-53-47)28-43-44(42)50(40-25-15-31-11-7-9-13-38(31)45(40)54)41-26-16-32-12-8-10-14-39(32)46(41)55(43)37-23-19-35(20-24-37)49(4,5)6/h7-30H,1-6H3. The third kappa shape index (κ3) is 5.26. The molecule has 0 bridgehead atoms. The Morgan fingerprint density at radius 1 is 0.491 bits per heavy atom. The molecule has 8 aromatic rings. The van der Waals surface area contributed by atoms with Gasteiger partial charge < -0.3 is 9.80 Å². The van der Waals surface area contributed by atoms with Crippen molar-refractivity contribution in [2.45, 2.75) is 52.4 Å². The molecular formula is C49H42BN5. The van der Waals surface area contributed by atoms with Crippen molar-refractivity contribution in [3.8, 4) is 11.4 Å². The first-order valence-electron chi connectivity index (χ1n) is 19.2. The number of hydrogen-bond donors (Lipinski definition) is 0. The second-order valence-electron chi connectivity index (χ2n) is 17.0. The fourth-order valence-electron chi connectivity index (χ4n) is 8.79. The minimum absolute atomic E-state index is 0.0215. The maximum absolute atomic E-state index is 4.71. The first kappa shape index (κ1) is 33.3. The lowest BCUT2D eigenvalue weighted by atomic mass is 9.33. The zero-order chi connectivity index (χ0) is 37.6. The van der Waals surface area contributed by atoms with E-state index in [0.29, 0.717) is 5.82 Å². The second-order valence-corrected chi connectivity index (χ2v) is 17.0. The van der Waals surface area contributed by atoms with Crippen molar-refractivity contribution < 1.29 is 0 Å². The molecule has 2 aliphatic rings. The molecule has 0 aliphatic carbocycles. The summed E-state index contributed by atoms with van der Waals surface area (Å²) in [6.07, 6.45) is 3.18. The topological polar surface area (TPSA) is 45.2 Å². The molecule has 0 atom stereocenters. The third-order valence-electron chi connectivity index (χ3n) is 11.6. The lowest BCUT2D eigenvalue weighted by Crippen LogP contribution is -2.61. The molecule has 2 aliphatic heterocycles. The lowest BCUT2D eigenvalue weighted by molar-refractivity contribution is 0.590. The van der Waals surface area contributed by atoms with Crippen LogP contribution in [-0.4, -0.2) is 21.7 Å². The molecule has 55 heavy (non-hydrogen) atoms. The molecular weight excluding hydrogens is 669 g/mol. The molecule has 0 amide bonds. The van der Waals surface area contributed by atoms with E-state index in [2.05, 4.69) is 190 Å². The molecule has 0 spiro atoms. The average molecular weight is 712 g/mol. The number of fused-ring (bicyclic) bond motifs is 8. The highest BCUT2D eigenvalue weighted by molar-refractivity contribution is 7.00. The van der Waals surface area contributed by atoms with E-state index in [9.17, 15) is 0 Å². The molecule has 6 heteroatoms. The van der Waals surface area contributed by atoms with Gasteiger partial charge in [0.25, 0.3) is 6.71 Å². The van der Waals surface area contributed by atoms with E-state index < -0.39 is 0 Å². The molecule has 3 heterocycles. The molecule has 5 nitrogen and oxygen atoms in total. The molecule has 7 aromatic carbocycles. The van der Waals surface area contributed by atoms with Crippen LogP contribution in [0.4, 0.5) is 34.1 Å². The van der Waals surface area contributed by atoms with Crippen LogP contribution in [0.15, 0.2) is 146 Å². The Labute approximate surface area is 323 Å². The van der Waals surface area contributed by atoms with E-state index in [4.69, 9.17) is 9.97 Å². The number of benzene rings is 7. The summed E-state index contributed by atoms with van der Waals surface area (Å²) in [6, 6.07) is 49.9. The Morgan fingerprint density at radius 2 is 0.927 bits per heavy atom. The Morgan fingerprint density at radius 3 is 1.36 bits per heavy atom. The molecule has 0 radical (unpaired) electrons. The summed E-state index contributed by atoms with van der Waals surface area (Å²) in [5.41, 5.74) is 14.4. The summed E-state index contributed by atoms with van der Waals surface area (Å²) in [7, 11) is 0. The van der Waals surface area contributed by atoms with Crippen LogP contribution in [0.1, 0.15) is 52.7 Å². The number of aromatic nitrogens is 3. The van der Waals surface area contributed by atoms with E-state index in [0.717, 1.165) is 28.3 Å². The van der Waals surface area contributed by atoms with Crippen LogP contribution < -0.4 is 26.2 Å². The van der Waals surface area contributed by atoms with Crippen LogP contribution in [0.25, 0.3) is 32.9 Å². The molecule has 266 valence electrons. The summed E-state index contributed by atoms with van der Waals surface area (Å²) in [5, 5.41) is 4.87. The molecule has 0 N–H and O–H groups in total. The van der Waals surface area contributed by atoms with Crippen LogP contribution in [0.2, 0.25) is 0 Å². The van der Waals surface area contributed by atoms with Crippen LogP contribution in [0.5, 0.6) is 0 Å². The van der Waals surface area contributed by atoms with Gasteiger partial charge >= 0.3 is 0 Å². The van der Waals surface area contributed by atoms with Gasteiger partial charge in [-0.05, 0) is 85.5 Å². The normalized spacial score (nSPS) is 13.5. The lowest BCUT2D eigenvalue weighted by Gasteiger charge is -2.45. The zero-order valence-corrected chi connectivity index (χ0v) is 32.2. The molecule has 0 fully saturated rings. The van der Waals surface area contributed by atoms with Crippen molar-refractivity contribution in [2.24, 2.45) is 0 Å². The minimum Gasteiger partial charge on any atom is -0.311 e. The van der Waals surface area contributed by atoms with Gasteiger partial charge in [-0.25, -0.2) is 15.0 Å². The number of anilines is 6. The number of hydrogen-bond acceptors (Lipinski definition) is 5. The van der Waals surface area contributed by atoms with Gasteiger partial charge in [-0.1, -0.05) is 139 Å². The highest BCUT2D eigenvalue weighted by atomic mass is 15.2. The smallest absolute Gasteiger partial charge is 0.252 e. The summed E-state index contributed by atoms with van der Waals surface area (Å²) < 4.78 is 0. The van der Waals surface area contributed by atoms with E-state index in [1.807, 2.05) is 0 Å². The van der Waals surface area contributed by atoms with Gasteiger partial charge in [0.15, 0.2) is 5.82 Å². The monoisotopic (exact) mass is 711 g/mol. The van der Waals surface area contributed by atoms with Gasteiger partial charge in [-0.2, -0.15) is 0 Å². The first-order chi connectivity index (χ1) is 26.6. The van der Waals surface area contributed by atoms with Gasteiger partial charge in [0.2, 0.25) is 0 Å². The maximum atomic E-state index is 4.71. The third-order valence-corrected chi connectivity index (χ3v) is 11.6. The van der Waals surface area contributed by atoms with E-state index >= 15 is 0 Å². The highest BCUT2D eigenvalue weighted by Gasteiger charge is 2.45. The number of rotatable bonds is 3. The minimum atomic E-state index is -0.0215. The molecule has 0 saturated carbocycles. The maximum Gasteiger partial charge on any atom is 0.252 e. The van der Waals surface area contributed by atoms with Crippen molar-refractivity contribution in [1.82, 2.24) is 15.0 Å². The summed E-state index contributed by atoms with van der Waals surface area (Å²) in [6.45, 7) is 13.6. The Balaban J connectivity index is 1.35. The SMILES string of the molecule is CC(C)(C)c1ccc(N2c3cc(-c4ncncn4)cc4c3B(c3ccc5ccccc5c32)c2ccc3ccccc3c2N4c2ccc(C(C)(C)C)cc2)cc1. The van der Waals surface area contributed by atoms with Crippen LogP contribution in [-0.2, 0) is 10.8 Å². The van der Waals surface area contributed by atoms with Gasteiger partial charge in [0.1, 0.15) is 12.7 Å². The molecule has 0 saturated heterocycles. The Hall–Kier alpha value is -6.27. The molecule has 1 aromatic heterocycles. The molecule has 10 rings (SSSR count). The predicted molar refractivity (Wildman–Crippen MR) is 232 cm³/mol. The van der Waals surface area contributed by atoms with Gasteiger partial charge in [0.05, 0.1) is 0 Å². The average Bonchev–Trinajstić information content (AvgIpc) is 3.20. The summed E-state index contributed by atoms with van der Waals surface area (Å²) >= 11 is 0. The van der Waals surface area contributed by atoms with Crippen LogP contribution in [0.3, 0.4) is 0 Å². The first-order valence-corrected chi connectivity index (χ1v) is 19.2. The highest BCUT2D eigenvalue weighted by Crippen LogP contribution is 2.49. The quantitative estimate of drug-likeness (QED) is 0.171. The largest absolute Gasteiger partial charge is 0.311 e. The Bertz CT molecular complexity index is 2610. The predicted octanol–water partition coefficient (Wildman–Crippen LogP) is 10.5. The van der Waals surface area contributed by atoms with Gasteiger partial charge in [-0.15, -0.1) is 0 Å². The van der Waals surface area contributed by atoms with E-state index in [-0.39, 0.29) is 17.5 Å². The zero-order valence-electron chi connectivity index (χ0n) is 32.2. The summed E-state index contributed by atoms with van der Waals surface area (Å²) in [4.78, 5) is 18.6. The fraction of sp³-hybridized carbons (Fsp3) is 0.163. The van der Waals surface area contributed by atoms with Gasteiger partial charge in [-0.3, -0.25) is 0 Å². The van der Waals surface area contributed by atoms with Crippen molar-refractivity contribution in [3.63, 3.8) is 0 Å². The van der Waals surface area contributed by atoms with Crippen LogP contribution in [0, 0.1) is 0 Å². The second kappa shape index (κ2) is 12.1.